The molecule has 0 radical (unpaired) electrons. The quantitative estimate of drug-likeness (QED) is 0.756. The molecule has 0 amide bonds. The van der Waals surface area contributed by atoms with Gasteiger partial charge in [-0.2, -0.15) is 0 Å². The molecule has 1 aromatic rings. The van der Waals surface area contributed by atoms with E-state index in [2.05, 4.69) is 23.4 Å². The van der Waals surface area contributed by atoms with E-state index in [9.17, 15) is 0 Å². The summed E-state index contributed by atoms with van der Waals surface area (Å²) in [5, 5.41) is 0. The number of rotatable bonds is 1. The minimum absolute atomic E-state index is 0.169. The average Bonchev–Trinajstić information content (AvgIpc) is 2.90. The molecule has 1 atom stereocenters. The highest BCUT2D eigenvalue weighted by Gasteiger charge is 2.46. The van der Waals surface area contributed by atoms with Gasteiger partial charge in [-0.3, -0.25) is 0 Å². The fourth-order valence-electron chi connectivity index (χ4n) is 2.96. The lowest BCUT2D eigenvalue weighted by atomic mass is 9.89. The van der Waals surface area contributed by atoms with Crippen molar-refractivity contribution in [1.82, 2.24) is 9.55 Å². The van der Waals surface area contributed by atoms with Crippen molar-refractivity contribution in [2.75, 3.05) is 0 Å². The molecule has 3 heteroatoms. The van der Waals surface area contributed by atoms with Crippen LogP contribution in [0.25, 0.3) is 0 Å². The molecule has 2 heterocycles. The molecule has 0 saturated heterocycles. The van der Waals surface area contributed by atoms with Crippen LogP contribution in [-0.4, -0.2) is 15.1 Å². The summed E-state index contributed by atoms with van der Waals surface area (Å²) in [4.78, 5) is 4.55. The first kappa shape index (κ1) is 9.40. The second kappa shape index (κ2) is 2.85. The number of nitrogens with zero attached hydrogens (tertiary/aromatic N) is 2. The Morgan fingerprint density at radius 3 is 2.80 bits per heavy atom. The maximum absolute atomic E-state index is 6.30. The summed E-state index contributed by atoms with van der Waals surface area (Å²) < 4.78 is 2.39. The van der Waals surface area contributed by atoms with Crippen molar-refractivity contribution in [2.45, 2.75) is 51.6 Å². The topological polar surface area (TPSA) is 43.8 Å². The Labute approximate surface area is 90.7 Å². The zero-order chi connectivity index (χ0) is 10.6. The van der Waals surface area contributed by atoms with E-state index in [-0.39, 0.29) is 5.54 Å². The van der Waals surface area contributed by atoms with Gasteiger partial charge in [-0.05, 0) is 45.4 Å². The first-order valence-corrected chi connectivity index (χ1v) is 5.92. The minimum atomic E-state index is 0.169. The molecule has 2 N–H and O–H groups in total. The second-order valence-electron chi connectivity index (χ2n) is 5.27. The number of nitrogens with two attached hydrogens (primary N) is 1. The van der Waals surface area contributed by atoms with Gasteiger partial charge in [-0.25, -0.2) is 4.98 Å². The van der Waals surface area contributed by atoms with E-state index in [0.29, 0.717) is 5.92 Å². The Balaban J connectivity index is 1.92. The maximum atomic E-state index is 6.30. The van der Waals surface area contributed by atoms with E-state index in [1.165, 1.54) is 30.7 Å². The summed E-state index contributed by atoms with van der Waals surface area (Å²) in [6.45, 7) is 5.32. The first-order valence-electron chi connectivity index (χ1n) is 5.92. The van der Waals surface area contributed by atoms with Crippen molar-refractivity contribution in [3.63, 3.8) is 0 Å². The summed E-state index contributed by atoms with van der Waals surface area (Å²) in [5.74, 6) is 1.84. The van der Waals surface area contributed by atoms with Crippen LogP contribution >= 0.6 is 0 Å². The molecule has 0 bridgehead atoms. The third kappa shape index (κ3) is 1.33. The molecular formula is C12H19N3. The second-order valence-corrected chi connectivity index (χ2v) is 5.27. The fourth-order valence-corrected chi connectivity index (χ4v) is 2.96. The van der Waals surface area contributed by atoms with Crippen LogP contribution in [0, 0.1) is 19.8 Å². The lowest BCUT2D eigenvalue weighted by Gasteiger charge is -2.30. The van der Waals surface area contributed by atoms with Gasteiger partial charge in [0.1, 0.15) is 5.82 Å². The molecule has 0 aromatic carbocycles. The number of hydrogen-bond acceptors (Lipinski definition) is 2. The minimum Gasteiger partial charge on any atom is -0.332 e. The fraction of sp³-hybridized carbons (Fsp3) is 0.750. The van der Waals surface area contributed by atoms with Crippen LogP contribution in [0.1, 0.15) is 36.5 Å². The Morgan fingerprint density at radius 1 is 1.40 bits per heavy atom. The zero-order valence-electron chi connectivity index (χ0n) is 9.58. The van der Waals surface area contributed by atoms with Crippen molar-refractivity contribution in [2.24, 2.45) is 11.7 Å². The lowest BCUT2D eigenvalue weighted by molar-refractivity contribution is 0.295. The van der Waals surface area contributed by atoms with Crippen molar-refractivity contribution < 1.29 is 0 Å². The van der Waals surface area contributed by atoms with E-state index in [0.717, 1.165) is 18.8 Å². The monoisotopic (exact) mass is 205 g/mol. The number of aryl methyl sites for hydroxylation is 2. The van der Waals surface area contributed by atoms with Crippen molar-refractivity contribution >= 4 is 0 Å². The van der Waals surface area contributed by atoms with Crippen LogP contribution in [-0.2, 0) is 13.0 Å². The molecule has 1 saturated carbocycles. The molecule has 3 nitrogen and oxygen atoms in total. The van der Waals surface area contributed by atoms with Gasteiger partial charge < -0.3 is 10.3 Å². The average molecular weight is 205 g/mol. The van der Waals surface area contributed by atoms with Crippen LogP contribution in [0.15, 0.2) is 0 Å². The summed E-state index contributed by atoms with van der Waals surface area (Å²) in [6, 6.07) is 0. The van der Waals surface area contributed by atoms with E-state index < -0.39 is 0 Å². The molecule has 1 aliphatic carbocycles. The third-order valence-corrected chi connectivity index (χ3v) is 4.24. The number of imidazole rings is 1. The van der Waals surface area contributed by atoms with Gasteiger partial charge in [0.2, 0.25) is 0 Å². The van der Waals surface area contributed by atoms with Crippen molar-refractivity contribution in [1.29, 1.82) is 0 Å². The van der Waals surface area contributed by atoms with E-state index in [1.54, 1.807) is 0 Å². The highest BCUT2D eigenvalue weighted by atomic mass is 15.1. The zero-order valence-corrected chi connectivity index (χ0v) is 9.58. The molecule has 2 aliphatic rings. The maximum Gasteiger partial charge on any atom is 0.106 e. The van der Waals surface area contributed by atoms with Gasteiger partial charge in [-0.15, -0.1) is 0 Å². The van der Waals surface area contributed by atoms with E-state index in [1.807, 2.05) is 0 Å². The van der Waals surface area contributed by atoms with Gasteiger partial charge in [0.25, 0.3) is 0 Å². The number of hydrogen-bond donors (Lipinski definition) is 1. The Bertz CT molecular complexity index is 401. The summed E-state index contributed by atoms with van der Waals surface area (Å²) in [6.07, 6.45) is 4.86. The molecule has 1 fully saturated rings. The molecule has 1 aliphatic heterocycles. The largest absolute Gasteiger partial charge is 0.332 e. The molecular weight excluding hydrogens is 186 g/mol. The van der Waals surface area contributed by atoms with Crippen molar-refractivity contribution in [3.05, 3.63) is 17.2 Å². The summed E-state index contributed by atoms with van der Waals surface area (Å²) in [5.41, 5.74) is 9.12. The highest BCUT2D eigenvalue weighted by molar-refractivity contribution is 5.19. The van der Waals surface area contributed by atoms with Gasteiger partial charge in [-0.1, -0.05) is 0 Å². The Hall–Kier alpha value is -0.830. The molecule has 1 aromatic heterocycles. The highest BCUT2D eigenvalue weighted by Crippen LogP contribution is 2.44. The molecule has 3 rings (SSSR count). The summed E-state index contributed by atoms with van der Waals surface area (Å²) >= 11 is 0. The van der Waals surface area contributed by atoms with Gasteiger partial charge in [0.15, 0.2) is 0 Å². The molecule has 82 valence electrons. The van der Waals surface area contributed by atoms with Gasteiger partial charge >= 0.3 is 0 Å². The lowest BCUT2D eigenvalue weighted by Crippen LogP contribution is -2.38. The SMILES string of the molecule is Cc1nc(C)n2c1CCC(C1(N)CC1)C2. The van der Waals surface area contributed by atoms with Crippen molar-refractivity contribution in [3.8, 4) is 0 Å². The van der Waals surface area contributed by atoms with E-state index >= 15 is 0 Å². The third-order valence-electron chi connectivity index (χ3n) is 4.24. The first-order chi connectivity index (χ1) is 7.10. The standard InChI is InChI=1S/C12H19N3/c1-8-11-4-3-10(12(13)5-6-12)7-15(11)9(2)14-8/h10H,3-7,13H2,1-2H3. The van der Waals surface area contributed by atoms with E-state index in [4.69, 9.17) is 5.73 Å². The van der Waals surface area contributed by atoms with Crippen LogP contribution in [0.5, 0.6) is 0 Å². The Kier molecular flexibility index (Phi) is 1.78. The number of fused-ring (bicyclic) bond motifs is 1. The van der Waals surface area contributed by atoms with Gasteiger partial charge in [0.05, 0.1) is 5.69 Å². The molecule has 15 heavy (non-hydrogen) atoms. The van der Waals surface area contributed by atoms with Gasteiger partial charge in [0, 0.05) is 17.8 Å². The molecule has 0 spiro atoms. The smallest absolute Gasteiger partial charge is 0.106 e. The van der Waals surface area contributed by atoms with Crippen LogP contribution in [0.3, 0.4) is 0 Å². The number of aromatic nitrogens is 2. The van der Waals surface area contributed by atoms with Crippen LogP contribution < -0.4 is 5.73 Å². The molecule has 1 unspecified atom stereocenters. The normalized spacial score (nSPS) is 27.5. The predicted octanol–water partition coefficient (Wildman–Crippen LogP) is 1.55. The Morgan fingerprint density at radius 2 is 2.13 bits per heavy atom. The summed E-state index contributed by atoms with van der Waals surface area (Å²) in [7, 11) is 0. The predicted molar refractivity (Wildman–Crippen MR) is 59.7 cm³/mol. The van der Waals surface area contributed by atoms with Crippen LogP contribution in [0.4, 0.5) is 0 Å². The van der Waals surface area contributed by atoms with Crippen LogP contribution in [0.2, 0.25) is 0 Å².